The number of aromatic nitrogens is 2. The molecule has 10 nitrogen and oxygen atoms in total. The molecular weight excluding hydrogens is 653 g/mol. The first-order valence-corrected chi connectivity index (χ1v) is 15.2. The second-order valence-electron chi connectivity index (χ2n) is 11.2. The smallest absolute Gasteiger partial charge is 0.416 e. The summed E-state index contributed by atoms with van der Waals surface area (Å²) in [6.07, 6.45) is -7.04. The second-order valence-corrected chi connectivity index (χ2v) is 11.2. The fourth-order valence-corrected chi connectivity index (χ4v) is 4.91. The van der Waals surface area contributed by atoms with Crippen molar-refractivity contribution in [1.29, 1.82) is 0 Å². The Morgan fingerprint density at radius 1 is 0.960 bits per heavy atom. The van der Waals surface area contributed by atoms with E-state index in [0.717, 1.165) is 17.2 Å². The number of methoxy groups -OCH3 is 1. The van der Waals surface area contributed by atoms with Crippen molar-refractivity contribution in [2.75, 3.05) is 19.0 Å². The van der Waals surface area contributed by atoms with E-state index in [1.807, 2.05) is 31.2 Å². The third kappa shape index (κ3) is 9.34. The highest BCUT2D eigenvalue weighted by atomic mass is 19.4. The van der Waals surface area contributed by atoms with E-state index in [-0.39, 0.29) is 35.0 Å². The number of ether oxygens (including phenoxy) is 1. The van der Waals surface area contributed by atoms with E-state index in [2.05, 4.69) is 27.3 Å². The van der Waals surface area contributed by atoms with Crippen molar-refractivity contribution in [2.45, 2.75) is 32.4 Å². The third-order valence-electron chi connectivity index (χ3n) is 7.44. The van der Waals surface area contributed by atoms with Gasteiger partial charge in [-0.2, -0.15) is 18.2 Å². The summed E-state index contributed by atoms with van der Waals surface area (Å²) in [6.45, 7) is 1.62. The molecule has 2 amide bonds. The quantitative estimate of drug-likeness (QED) is 0.128. The van der Waals surface area contributed by atoms with Gasteiger partial charge in [0.2, 0.25) is 11.7 Å². The summed E-state index contributed by atoms with van der Waals surface area (Å²) in [5.74, 6) is 5.08. The van der Waals surface area contributed by atoms with Gasteiger partial charge in [0, 0.05) is 34.8 Å². The molecule has 0 spiro atoms. The van der Waals surface area contributed by atoms with Gasteiger partial charge in [-0.15, -0.1) is 0 Å². The Morgan fingerprint density at radius 2 is 1.66 bits per heavy atom. The zero-order valence-corrected chi connectivity index (χ0v) is 26.9. The Labute approximate surface area is 285 Å². The molecule has 0 aliphatic carbocycles. The molecule has 1 heterocycles. The van der Waals surface area contributed by atoms with Crippen molar-refractivity contribution in [2.24, 2.45) is 0 Å². The molecule has 50 heavy (non-hydrogen) atoms. The lowest BCUT2D eigenvalue weighted by Crippen LogP contribution is -2.37. The summed E-state index contributed by atoms with van der Waals surface area (Å²) in [5, 5.41) is 25.9. The van der Waals surface area contributed by atoms with E-state index in [0.29, 0.717) is 17.0 Å². The first kappa shape index (κ1) is 35.3. The van der Waals surface area contributed by atoms with Crippen LogP contribution in [0, 0.1) is 18.8 Å². The van der Waals surface area contributed by atoms with Gasteiger partial charge in [-0.05, 0) is 66.6 Å². The first-order chi connectivity index (χ1) is 23.9. The number of alkyl halides is 3. The summed E-state index contributed by atoms with van der Waals surface area (Å²) in [6, 6.07) is 23.7. The second kappa shape index (κ2) is 15.5. The van der Waals surface area contributed by atoms with Crippen LogP contribution in [0.25, 0.3) is 11.4 Å². The molecule has 5 aromatic rings. The molecule has 13 heteroatoms. The standard InChI is InChI=1S/C37H31F3N4O6/c1-23-3-5-24(6-4-23)9-18-33-42-35(43-50-33)26-10-7-25(8-11-26)21-44(22-34(46)47)36(48)27-12-15-29(16-13-27)41-32(45)19-28-14-17-30(49-2)20-31(28)37(38,39)40/h3-8,10-17,20,34,46-47H,19,21-22H2,1-2H3,(H,41,45). The predicted octanol–water partition coefficient (Wildman–Crippen LogP) is 5.61. The number of hydrogen-bond acceptors (Lipinski definition) is 8. The van der Waals surface area contributed by atoms with Crippen LogP contribution in [0.15, 0.2) is 95.5 Å². The highest BCUT2D eigenvalue weighted by Crippen LogP contribution is 2.35. The third-order valence-corrected chi connectivity index (χ3v) is 7.44. The highest BCUT2D eigenvalue weighted by Gasteiger charge is 2.34. The van der Waals surface area contributed by atoms with E-state index < -0.39 is 42.8 Å². The fourth-order valence-electron chi connectivity index (χ4n) is 4.91. The summed E-state index contributed by atoms with van der Waals surface area (Å²) in [5.41, 5.74) is 2.48. The summed E-state index contributed by atoms with van der Waals surface area (Å²) in [7, 11) is 1.25. The molecule has 0 radical (unpaired) electrons. The molecule has 4 aromatic carbocycles. The summed E-state index contributed by atoms with van der Waals surface area (Å²) in [4.78, 5) is 31.5. The number of rotatable bonds is 10. The minimum Gasteiger partial charge on any atom is -0.497 e. The van der Waals surface area contributed by atoms with Gasteiger partial charge in [-0.3, -0.25) is 9.59 Å². The minimum atomic E-state index is -4.68. The largest absolute Gasteiger partial charge is 0.497 e. The number of benzene rings is 4. The van der Waals surface area contributed by atoms with Crippen molar-refractivity contribution >= 4 is 17.5 Å². The van der Waals surface area contributed by atoms with Crippen molar-refractivity contribution in [3.63, 3.8) is 0 Å². The van der Waals surface area contributed by atoms with E-state index in [4.69, 9.17) is 9.26 Å². The number of aliphatic hydroxyl groups is 2. The first-order valence-electron chi connectivity index (χ1n) is 15.2. The number of hydrogen-bond donors (Lipinski definition) is 3. The van der Waals surface area contributed by atoms with Crippen molar-refractivity contribution in [3.8, 4) is 29.0 Å². The predicted molar refractivity (Wildman–Crippen MR) is 177 cm³/mol. The van der Waals surface area contributed by atoms with Crippen LogP contribution in [0.2, 0.25) is 0 Å². The lowest BCUT2D eigenvalue weighted by Gasteiger charge is -2.24. The van der Waals surface area contributed by atoms with Crippen LogP contribution in [0.3, 0.4) is 0 Å². The van der Waals surface area contributed by atoms with E-state index in [1.54, 1.807) is 24.3 Å². The number of carbonyl (C=O) groups excluding carboxylic acids is 2. The van der Waals surface area contributed by atoms with E-state index in [1.165, 1.54) is 48.4 Å². The number of nitrogens with zero attached hydrogens (tertiary/aromatic N) is 3. The lowest BCUT2D eigenvalue weighted by atomic mass is 10.0. The maximum absolute atomic E-state index is 13.5. The molecule has 1 aromatic heterocycles. The van der Waals surface area contributed by atoms with Gasteiger partial charge >= 0.3 is 12.1 Å². The molecule has 0 bridgehead atoms. The van der Waals surface area contributed by atoms with Gasteiger partial charge in [0.25, 0.3) is 5.91 Å². The van der Waals surface area contributed by atoms with Gasteiger partial charge in [0.15, 0.2) is 6.29 Å². The molecule has 0 aliphatic rings. The molecule has 5 rings (SSSR count). The Balaban J connectivity index is 1.22. The van der Waals surface area contributed by atoms with Gasteiger partial charge in [-0.1, -0.05) is 59.1 Å². The zero-order chi connectivity index (χ0) is 35.8. The van der Waals surface area contributed by atoms with Crippen LogP contribution in [0.1, 0.15) is 44.1 Å². The Bertz CT molecular complexity index is 2010. The number of aliphatic hydroxyl groups excluding tert-OH is 1. The lowest BCUT2D eigenvalue weighted by molar-refractivity contribution is -0.138. The molecule has 3 N–H and O–H groups in total. The van der Waals surface area contributed by atoms with Crippen molar-refractivity contribution in [1.82, 2.24) is 15.0 Å². The van der Waals surface area contributed by atoms with Crippen molar-refractivity contribution in [3.05, 3.63) is 130 Å². The monoisotopic (exact) mass is 684 g/mol. The van der Waals surface area contributed by atoms with Gasteiger partial charge in [0.05, 0.1) is 25.6 Å². The van der Waals surface area contributed by atoms with E-state index in [9.17, 15) is 33.0 Å². The number of anilines is 1. The number of nitrogens with one attached hydrogen (secondary N) is 1. The summed E-state index contributed by atoms with van der Waals surface area (Å²) >= 11 is 0. The maximum Gasteiger partial charge on any atom is 0.416 e. The van der Waals surface area contributed by atoms with Gasteiger partial charge < -0.3 is 29.7 Å². The van der Waals surface area contributed by atoms with Crippen LogP contribution in [-0.4, -0.2) is 57.0 Å². The number of amides is 2. The Hall–Kier alpha value is -5.97. The van der Waals surface area contributed by atoms with E-state index >= 15 is 0 Å². The molecule has 256 valence electrons. The maximum atomic E-state index is 13.5. The summed E-state index contributed by atoms with van der Waals surface area (Å²) < 4.78 is 50.8. The Morgan fingerprint density at radius 3 is 2.30 bits per heavy atom. The molecular formula is C37H31F3N4O6. The van der Waals surface area contributed by atoms with Crippen LogP contribution in [0.4, 0.5) is 18.9 Å². The fraction of sp³-hybridized carbons (Fsp3) is 0.189. The van der Waals surface area contributed by atoms with Gasteiger partial charge in [0.1, 0.15) is 5.75 Å². The van der Waals surface area contributed by atoms with Crippen LogP contribution >= 0.6 is 0 Å². The van der Waals surface area contributed by atoms with Crippen molar-refractivity contribution < 1.29 is 42.2 Å². The molecule has 0 unspecified atom stereocenters. The van der Waals surface area contributed by atoms with Crippen LogP contribution in [-0.2, 0) is 23.9 Å². The van der Waals surface area contributed by atoms with Crippen LogP contribution < -0.4 is 10.1 Å². The molecule has 0 saturated carbocycles. The zero-order valence-electron chi connectivity index (χ0n) is 26.9. The number of halogens is 3. The molecule has 0 fully saturated rings. The number of aryl methyl sites for hydroxylation is 1. The molecule has 0 saturated heterocycles. The Kier molecular flexibility index (Phi) is 11.0. The SMILES string of the molecule is COc1ccc(CC(=O)Nc2ccc(C(=O)N(Cc3ccc(-c4noc(C#Cc5ccc(C)cc5)n4)cc3)CC(O)O)cc2)c(C(F)(F)F)c1. The average molecular weight is 685 g/mol. The average Bonchev–Trinajstić information content (AvgIpc) is 3.57. The number of carbonyl (C=O) groups is 2. The molecule has 0 atom stereocenters. The minimum absolute atomic E-state index is 0.0138. The van der Waals surface area contributed by atoms with Gasteiger partial charge in [-0.25, -0.2) is 0 Å². The molecule has 0 aliphatic heterocycles. The topological polar surface area (TPSA) is 138 Å². The normalized spacial score (nSPS) is 11.1. The highest BCUT2D eigenvalue weighted by molar-refractivity contribution is 5.96. The van der Waals surface area contributed by atoms with Crippen LogP contribution in [0.5, 0.6) is 5.75 Å².